The van der Waals surface area contributed by atoms with Crippen LogP contribution >= 0.6 is 0 Å². The zero-order chi connectivity index (χ0) is 24.2. The summed E-state index contributed by atoms with van der Waals surface area (Å²) < 4.78 is 11.2. The number of fused-ring (bicyclic) bond motifs is 1. The molecule has 6 heteroatoms. The zero-order valence-electron chi connectivity index (χ0n) is 19.2. The highest BCUT2D eigenvalue weighted by Gasteiger charge is 2.30. The van der Waals surface area contributed by atoms with Gasteiger partial charge in [0.05, 0.1) is 25.0 Å². The SMILES string of the molecule is Cc1cccc(CN2C(=O)/C(=C\c3ccc(C(=O)NCc4ccco4)cc3)Oc3ccccc32)c1. The normalized spacial score (nSPS) is 13.9. The fourth-order valence-electron chi connectivity index (χ4n) is 3.98. The van der Waals surface area contributed by atoms with Crippen molar-refractivity contribution in [3.05, 3.63) is 125 Å². The molecule has 3 aromatic carbocycles. The van der Waals surface area contributed by atoms with E-state index in [-0.39, 0.29) is 17.6 Å². The lowest BCUT2D eigenvalue weighted by Gasteiger charge is -2.30. The first-order valence-electron chi connectivity index (χ1n) is 11.3. The van der Waals surface area contributed by atoms with Gasteiger partial charge < -0.3 is 14.5 Å². The van der Waals surface area contributed by atoms with E-state index in [1.165, 1.54) is 0 Å². The van der Waals surface area contributed by atoms with Crippen LogP contribution in [0.5, 0.6) is 5.75 Å². The van der Waals surface area contributed by atoms with Crippen LogP contribution in [0.3, 0.4) is 0 Å². The number of hydrogen-bond acceptors (Lipinski definition) is 4. The van der Waals surface area contributed by atoms with Gasteiger partial charge in [-0.3, -0.25) is 14.5 Å². The molecule has 1 aliphatic rings. The highest BCUT2D eigenvalue weighted by Crippen LogP contribution is 2.36. The van der Waals surface area contributed by atoms with Crippen molar-refractivity contribution in [3.63, 3.8) is 0 Å². The fraction of sp³-hybridized carbons (Fsp3) is 0.103. The average Bonchev–Trinajstić information content (AvgIpc) is 3.39. The second kappa shape index (κ2) is 9.73. The molecule has 2 amide bonds. The number of furan rings is 1. The van der Waals surface area contributed by atoms with Gasteiger partial charge in [-0.1, -0.05) is 54.1 Å². The van der Waals surface area contributed by atoms with Crippen molar-refractivity contribution in [2.24, 2.45) is 0 Å². The van der Waals surface area contributed by atoms with Crippen LogP contribution in [0.2, 0.25) is 0 Å². The Morgan fingerprint density at radius 3 is 2.57 bits per heavy atom. The van der Waals surface area contributed by atoms with Crippen LogP contribution in [0, 0.1) is 6.92 Å². The van der Waals surface area contributed by atoms with Crippen LogP contribution in [0.25, 0.3) is 6.08 Å². The van der Waals surface area contributed by atoms with Crippen LogP contribution in [0.1, 0.15) is 32.8 Å². The molecule has 4 aromatic rings. The van der Waals surface area contributed by atoms with Crippen LogP contribution in [0.15, 0.2) is 101 Å². The van der Waals surface area contributed by atoms with Gasteiger partial charge >= 0.3 is 0 Å². The Bertz CT molecular complexity index is 1390. The van der Waals surface area contributed by atoms with Crippen molar-refractivity contribution in [3.8, 4) is 5.75 Å². The molecule has 35 heavy (non-hydrogen) atoms. The molecule has 1 aromatic heterocycles. The van der Waals surface area contributed by atoms with E-state index in [4.69, 9.17) is 9.15 Å². The smallest absolute Gasteiger partial charge is 0.294 e. The number of ether oxygens (including phenoxy) is 1. The van der Waals surface area contributed by atoms with Gasteiger partial charge in [0.15, 0.2) is 11.5 Å². The number of aryl methyl sites for hydroxylation is 1. The van der Waals surface area contributed by atoms with Crippen LogP contribution < -0.4 is 15.0 Å². The molecule has 5 rings (SSSR count). The zero-order valence-corrected chi connectivity index (χ0v) is 19.2. The van der Waals surface area contributed by atoms with Crippen molar-refractivity contribution in [1.29, 1.82) is 0 Å². The summed E-state index contributed by atoms with van der Waals surface area (Å²) in [5, 5.41) is 2.82. The summed E-state index contributed by atoms with van der Waals surface area (Å²) in [4.78, 5) is 27.6. The van der Waals surface area contributed by atoms with E-state index in [1.807, 2.05) is 49.4 Å². The number of nitrogens with zero attached hydrogens (tertiary/aromatic N) is 1. The molecule has 0 aliphatic carbocycles. The van der Waals surface area contributed by atoms with Crippen LogP contribution in [-0.4, -0.2) is 11.8 Å². The van der Waals surface area contributed by atoms with Crippen molar-refractivity contribution >= 4 is 23.6 Å². The number of para-hydroxylation sites is 2. The topological polar surface area (TPSA) is 71.8 Å². The third-order valence-corrected chi connectivity index (χ3v) is 5.73. The van der Waals surface area contributed by atoms with E-state index in [0.717, 1.165) is 22.4 Å². The van der Waals surface area contributed by atoms with Gasteiger partial charge in [-0.05, 0) is 60.5 Å². The van der Waals surface area contributed by atoms with E-state index in [0.29, 0.717) is 30.2 Å². The summed E-state index contributed by atoms with van der Waals surface area (Å²) >= 11 is 0. The lowest BCUT2D eigenvalue weighted by atomic mass is 10.1. The van der Waals surface area contributed by atoms with Gasteiger partial charge in [-0.15, -0.1) is 0 Å². The molecule has 2 heterocycles. The number of amides is 2. The van der Waals surface area contributed by atoms with Gasteiger partial charge in [0.25, 0.3) is 11.8 Å². The lowest BCUT2D eigenvalue weighted by molar-refractivity contribution is -0.117. The Morgan fingerprint density at radius 1 is 0.971 bits per heavy atom. The van der Waals surface area contributed by atoms with E-state index < -0.39 is 0 Å². The molecule has 0 atom stereocenters. The number of rotatable bonds is 6. The molecule has 1 N–H and O–H groups in total. The molecule has 0 radical (unpaired) electrons. The van der Waals surface area contributed by atoms with Crippen molar-refractivity contribution in [2.75, 3.05) is 4.90 Å². The molecule has 0 saturated heterocycles. The molecule has 0 bridgehead atoms. The maximum atomic E-state index is 13.4. The van der Waals surface area contributed by atoms with Gasteiger partial charge in [0.2, 0.25) is 0 Å². The first-order valence-corrected chi connectivity index (χ1v) is 11.3. The quantitative estimate of drug-likeness (QED) is 0.383. The lowest BCUT2D eigenvalue weighted by Crippen LogP contribution is -2.36. The second-order valence-electron chi connectivity index (χ2n) is 8.34. The van der Waals surface area contributed by atoms with E-state index in [1.54, 1.807) is 53.6 Å². The van der Waals surface area contributed by atoms with Gasteiger partial charge in [0, 0.05) is 5.56 Å². The summed E-state index contributed by atoms with van der Waals surface area (Å²) in [7, 11) is 0. The summed E-state index contributed by atoms with van der Waals surface area (Å²) in [5.41, 5.74) is 4.19. The Morgan fingerprint density at radius 2 is 1.80 bits per heavy atom. The Hall–Kier alpha value is -4.58. The minimum atomic E-state index is -0.217. The largest absolute Gasteiger partial charge is 0.467 e. The fourth-order valence-corrected chi connectivity index (χ4v) is 3.98. The van der Waals surface area contributed by atoms with E-state index in [9.17, 15) is 9.59 Å². The first kappa shape index (κ1) is 22.2. The summed E-state index contributed by atoms with van der Waals surface area (Å²) in [6, 6.07) is 26.2. The summed E-state index contributed by atoms with van der Waals surface area (Å²) in [5.74, 6) is 1.11. The number of benzene rings is 3. The third kappa shape index (κ3) is 5.01. The van der Waals surface area contributed by atoms with Crippen molar-refractivity contribution in [1.82, 2.24) is 5.32 Å². The van der Waals surface area contributed by atoms with Gasteiger partial charge in [-0.2, -0.15) is 0 Å². The van der Waals surface area contributed by atoms with E-state index in [2.05, 4.69) is 11.4 Å². The maximum absolute atomic E-state index is 13.4. The molecular weight excluding hydrogens is 440 g/mol. The average molecular weight is 465 g/mol. The number of anilines is 1. The highest BCUT2D eigenvalue weighted by molar-refractivity contribution is 6.09. The molecule has 174 valence electrons. The number of carbonyl (C=O) groups is 2. The Labute approximate surface area is 203 Å². The molecular formula is C29H24N2O4. The number of nitrogens with one attached hydrogen (secondary N) is 1. The number of hydrogen-bond donors (Lipinski definition) is 1. The minimum Gasteiger partial charge on any atom is -0.467 e. The van der Waals surface area contributed by atoms with Gasteiger partial charge in [0.1, 0.15) is 5.76 Å². The standard InChI is InChI=1S/C29H24N2O4/c1-20-6-4-7-22(16-20)19-31-25-9-2-3-10-26(25)35-27(29(31)33)17-21-11-13-23(14-12-21)28(32)30-18-24-8-5-15-34-24/h2-17H,18-19H2,1H3,(H,30,32)/b27-17+. The third-order valence-electron chi connectivity index (χ3n) is 5.73. The highest BCUT2D eigenvalue weighted by atomic mass is 16.5. The monoisotopic (exact) mass is 464 g/mol. The summed E-state index contributed by atoms with van der Waals surface area (Å²) in [6.45, 7) is 2.79. The molecule has 0 fully saturated rings. The maximum Gasteiger partial charge on any atom is 0.294 e. The minimum absolute atomic E-state index is 0.205. The van der Waals surface area contributed by atoms with Gasteiger partial charge in [-0.25, -0.2) is 0 Å². The first-order chi connectivity index (χ1) is 17.1. The Kier molecular flexibility index (Phi) is 6.18. The molecule has 6 nitrogen and oxygen atoms in total. The number of carbonyl (C=O) groups excluding carboxylic acids is 2. The molecule has 1 aliphatic heterocycles. The Balaban J connectivity index is 1.36. The van der Waals surface area contributed by atoms with Crippen LogP contribution in [-0.2, 0) is 17.9 Å². The summed E-state index contributed by atoms with van der Waals surface area (Å²) in [6.07, 6.45) is 3.27. The second-order valence-corrected chi connectivity index (χ2v) is 8.34. The van der Waals surface area contributed by atoms with E-state index >= 15 is 0 Å². The van der Waals surface area contributed by atoms with Crippen molar-refractivity contribution < 1.29 is 18.7 Å². The predicted molar refractivity (Wildman–Crippen MR) is 134 cm³/mol. The molecule has 0 spiro atoms. The molecule has 0 unspecified atom stereocenters. The molecule has 0 saturated carbocycles. The predicted octanol–water partition coefficient (Wildman–Crippen LogP) is 5.48. The van der Waals surface area contributed by atoms with Crippen LogP contribution in [0.4, 0.5) is 5.69 Å². The van der Waals surface area contributed by atoms with Crippen molar-refractivity contribution in [2.45, 2.75) is 20.0 Å².